The quantitative estimate of drug-likeness (QED) is 0.496. The second-order valence-corrected chi connectivity index (χ2v) is 10.9. The van der Waals surface area contributed by atoms with Gasteiger partial charge < -0.3 is 4.74 Å². The summed E-state index contributed by atoms with van der Waals surface area (Å²) in [6.45, 7) is 3.75. The molecule has 2 aromatic rings. The molecule has 2 N–H and O–H groups in total. The SMILES string of the molecule is Cc1ccc(C23C[C@H]4C[C@@H](CC(C(=O)OCC(=O)NNC(=O)c5ccccc5F)(C4)C2)C3)cc1C. The maximum absolute atomic E-state index is 13.7. The third-order valence-corrected chi connectivity index (χ3v) is 8.38. The molecular formula is C28H31FN2O4. The topological polar surface area (TPSA) is 84.5 Å². The summed E-state index contributed by atoms with van der Waals surface area (Å²) in [4.78, 5) is 37.7. The van der Waals surface area contributed by atoms with Crippen LogP contribution >= 0.6 is 0 Å². The minimum Gasteiger partial charge on any atom is -0.455 e. The largest absolute Gasteiger partial charge is 0.455 e. The van der Waals surface area contributed by atoms with E-state index in [2.05, 4.69) is 42.9 Å². The molecule has 0 saturated heterocycles. The highest BCUT2D eigenvalue weighted by Crippen LogP contribution is 2.66. The zero-order valence-corrected chi connectivity index (χ0v) is 20.2. The molecule has 0 heterocycles. The Morgan fingerprint density at radius 3 is 2.37 bits per heavy atom. The van der Waals surface area contributed by atoms with Crippen LogP contribution in [0.1, 0.15) is 65.6 Å². The fraction of sp³-hybridized carbons (Fsp3) is 0.464. The summed E-state index contributed by atoms with van der Waals surface area (Å²) in [5, 5.41) is 0. The maximum Gasteiger partial charge on any atom is 0.312 e. The Kier molecular flexibility index (Phi) is 5.90. The van der Waals surface area contributed by atoms with Crippen LogP contribution < -0.4 is 10.9 Å². The molecule has 0 aromatic heterocycles. The van der Waals surface area contributed by atoms with Gasteiger partial charge >= 0.3 is 5.97 Å². The monoisotopic (exact) mass is 478 g/mol. The van der Waals surface area contributed by atoms with E-state index in [9.17, 15) is 18.8 Å². The highest BCUT2D eigenvalue weighted by atomic mass is 19.1. The van der Waals surface area contributed by atoms with Crippen molar-refractivity contribution in [1.29, 1.82) is 0 Å². The lowest BCUT2D eigenvalue weighted by Gasteiger charge is -2.61. The van der Waals surface area contributed by atoms with Crippen LogP contribution in [-0.2, 0) is 19.7 Å². The predicted octanol–water partition coefficient (Wildman–Crippen LogP) is 4.28. The third kappa shape index (κ3) is 4.32. The Hall–Kier alpha value is -3.22. The molecule has 4 aliphatic rings. The van der Waals surface area contributed by atoms with Crippen LogP contribution in [-0.4, -0.2) is 24.4 Å². The standard InChI is InChI=1S/C28H31FN2O4/c1-17-7-8-21(9-18(17)2)27-11-19-10-20(12-27)14-28(13-19,16-27)26(34)35-15-24(32)30-31-25(33)22-5-3-4-6-23(22)29/h3-9,19-20H,10-16H2,1-2H3,(H,30,32)(H,31,33)/t19-,20-,27?,28?/m1/s1. The molecule has 4 bridgehead atoms. The number of aryl methyl sites for hydroxylation is 2. The minimum atomic E-state index is -0.779. The Morgan fingerprint density at radius 2 is 1.69 bits per heavy atom. The molecule has 7 heteroatoms. The van der Waals surface area contributed by atoms with Gasteiger partial charge in [0.25, 0.3) is 11.8 Å². The summed E-state index contributed by atoms with van der Waals surface area (Å²) in [5.41, 5.74) is 7.45. The molecule has 35 heavy (non-hydrogen) atoms. The summed E-state index contributed by atoms with van der Waals surface area (Å²) >= 11 is 0. The normalized spacial score (nSPS) is 28.4. The van der Waals surface area contributed by atoms with E-state index in [0.29, 0.717) is 11.8 Å². The van der Waals surface area contributed by atoms with E-state index < -0.39 is 29.7 Å². The van der Waals surface area contributed by atoms with Crippen molar-refractivity contribution in [2.75, 3.05) is 6.61 Å². The first-order valence-corrected chi connectivity index (χ1v) is 12.3. The van der Waals surface area contributed by atoms with E-state index >= 15 is 0 Å². The van der Waals surface area contributed by atoms with Gasteiger partial charge in [-0.2, -0.15) is 0 Å². The van der Waals surface area contributed by atoms with E-state index in [4.69, 9.17) is 4.74 Å². The van der Waals surface area contributed by atoms with Crippen molar-refractivity contribution in [3.8, 4) is 0 Å². The van der Waals surface area contributed by atoms with E-state index in [-0.39, 0.29) is 16.9 Å². The number of esters is 1. The van der Waals surface area contributed by atoms with Crippen molar-refractivity contribution in [2.45, 2.75) is 57.8 Å². The molecule has 2 atom stereocenters. The Balaban J connectivity index is 1.23. The molecule has 6 nitrogen and oxygen atoms in total. The third-order valence-electron chi connectivity index (χ3n) is 8.38. The summed E-state index contributed by atoms with van der Waals surface area (Å²) in [6.07, 6.45) is 5.72. The molecule has 4 saturated carbocycles. The Bertz CT molecular complexity index is 1180. The number of hydrogen-bond donors (Lipinski definition) is 2. The number of nitrogens with one attached hydrogen (secondary N) is 2. The average molecular weight is 479 g/mol. The second-order valence-electron chi connectivity index (χ2n) is 10.9. The fourth-order valence-corrected chi connectivity index (χ4v) is 7.07. The van der Waals surface area contributed by atoms with E-state index in [0.717, 1.165) is 44.6 Å². The van der Waals surface area contributed by atoms with Crippen molar-refractivity contribution >= 4 is 17.8 Å². The lowest BCUT2D eigenvalue weighted by atomic mass is 9.43. The van der Waals surface area contributed by atoms with E-state index in [1.165, 1.54) is 34.9 Å². The molecule has 0 spiro atoms. The van der Waals surface area contributed by atoms with Crippen LogP contribution in [0.3, 0.4) is 0 Å². The highest BCUT2D eigenvalue weighted by molar-refractivity contribution is 5.95. The molecule has 0 unspecified atom stereocenters. The van der Waals surface area contributed by atoms with Gasteiger partial charge in [0.1, 0.15) is 5.82 Å². The van der Waals surface area contributed by atoms with Crippen molar-refractivity contribution in [3.63, 3.8) is 0 Å². The van der Waals surface area contributed by atoms with Gasteiger partial charge in [0.05, 0.1) is 11.0 Å². The summed E-state index contributed by atoms with van der Waals surface area (Å²) in [5.74, 6) is -1.49. The van der Waals surface area contributed by atoms with Gasteiger partial charge in [0.15, 0.2) is 6.61 Å². The molecule has 184 valence electrons. The smallest absolute Gasteiger partial charge is 0.312 e. The van der Waals surface area contributed by atoms with Crippen LogP contribution in [0.25, 0.3) is 0 Å². The van der Waals surface area contributed by atoms with Crippen molar-refractivity contribution < 1.29 is 23.5 Å². The number of hydrazine groups is 1. The van der Waals surface area contributed by atoms with E-state index in [1.54, 1.807) is 0 Å². The number of carbonyl (C=O) groups excluding carboxylic acids is 3. The van der Waals surface area contributed by atoms with Crippen LogP contribution in [0, 0.1) is 36.9 Å². The zero-order valence-electron chi connectivity index (χ0n) is 20.2. The number of rotatable bonds is 5. The number of ether oxygens (including phenoxy) is 1. The van der Waals surface area contributed by atoms with Crippen LogP contribution in [0.4, 0.5) is 4.39 Å². The molecule has 0 radical (unpaired) electrons. The number of hydrogen-bond acceptors (Lipinski definition) is 4. The van der Waals surface area contributed by atoms with Gasteiger partial charge in [0, 0.05) is 0 Å². The summed E-state index contributed by atoms with van der Waals surface area (Å²) in [6, 6.07) is 12.2. The Morgan fingerprint density at radius 1 is 0.971 bits per heavy atom. The second kappa shape index (κ2) is 8.77. The van der Waals surface area contributed by atoms with Gasteiger partial charge in [-0.3, -0.25) is 25.2 Å². The number of carbonyl (C=O) groups is 3. The first-order valence-electron chi connectivity index (χ1n) is 12.3. The first kappa shape index (κ1) is 23.5. The van der Waals surface area contributed by atoms with Crippen molar-refractivity contribution in [1.82, 2.24) is 10.9 Å². The summed E-state index contributed by atoms with van der Waals surface area (Å²) in [7, 11) is 0. The van der Waals surface area contributed by atoms with Crippen LogP contribution in [0.15, 0.2) is 42.5 Å². The van der Waals surface area contributed by atoms with Gasteiger partial charge in [-0.15, -0.1) is 0 Å². The zero-order chi connectivity index (χ0) is 24.8. The molecule has 2 aromatic carbocycles. The van der Waals surface area contributed by atoms with Gasteiger partial charge in [-0.1, -0.05) is 30.3 Å². The van der Waals surface area contributed by atoms with Gasteiger partial charge in [-0.25, -0.2) is 4.39 Å². The summed E-state index contributed by atoms with van der Waals surface area (Å²) < 4.78 is 19.2. The van der Waals surface area contributed by atoms with E-state index in [1.807, 2.05) is 0 Å². The average Bonchev–Trinajstić information content (AvgIpc) is 2.82. The van der Waals surface area contributed by atoms with Gasteiger partial charge in [0.2, 0.25) is 0 Å². The molecule has 6 rings (SSSR count). The lowest BCUT2D eigenvalue weighted by molar-refractivity contribution is -0.175. The minimum absolute atomic E-state index is 0.0163. The first-order chi connectivity index (χ1) is 16.7. The van der Waals surface area contributed by atoms with Crippen LogP contribution in [0.2, 0.25) is 0 Å². The van der Waals surface area contributed by atoms with Crippen LogP contribution in [0.5, 0.6) is 0 Å². The Labute approximate surface area is 204 Å². The number of halogens is 1. The predicted molar refractivity (Wildman–Crippen MR) is 128 cm³/mol. The molecular weight excluding hydrogens is 447 g/mol. The number of benzene rings is 2. The van der Waals surface area contributed by atoms with Gasteiger partial charge in [-0.05, 0) is 98.4 Å². The molecule has 4 fully saturated rings. The molecule has 4 aliphatic carbocycles. The maximum atomic E-state index is 13.7. The lowest BCUT2D eigenvalue weighted by Crippen LogP contribution is -2.57. The molecule has 0 aliphatic heterocycles. The van der Waals surface area contributed by atoms with Crippen molar-refractivity contribution in [2.24, 2.45) is 17.3 Å². The molecule has 2 amide bonds. The highest BCUT2D eigenvalue weighted by Gasteiger charge is 2.61. The fourth-order valence-electron chi connectivity index (χ4n) is 7.07. The van der Waals surface area contributed by atoms with Crippen molar-refractivity contribution in [3.05, 3.63) is 70.5 Å². The number of amides is 2.